The lowest BCUT2D eigenvalue weighted by Crippen LogP contribution is -2.28. The summed E-state index contributed by atoms with van der Waals surface area (Å²) in [4.78, 5) is 12.1. The van der Waals surface area contributed by atoms with Crippen LogP contribution in [0, 0.1) is 13.8 Å². The normalized spacial score (nSPS) is 10.6. The Morgan fingerprint density at radius 3 is 2.85 bits per heavy atom. The van der Waals surface area contributed by atoms with Gasteiger partial charge in [0.05, 0.1) is 12.7 Å². The van der Waals surface area contributed by atoms with Gasteiger partial charge in [0, 0.05) is 28.5 Å². The monoisotopic (exact) mass is 336 g/mol. The number of nitrogens with zero attached hydrogens (tertiary/aromatic N) is 2. The fourth-order valence-corrected chi connectivity index (χ4v) is 2.38. The van der Waals surface area contributed by atoms with Gasteiger partial charge in [-0.05, 0) is 37.1 Å². The molecule has 20 heavy (non-hydrogen) atoms. The summed E-state index contributed by atoms with van der Waals surface area (Å²) in [7, 11) is 0. The van der Waals surface area contributed by atoms with Crippen LogP contribution in [-0.4, -0.2) is 22.2 Å². The summed E-state index contributed by atoms with van der Waals surface area (Å²) < 4.78 is 2.60. The summed E-state index contributed by atoms with van der Waals surface area (Å²) in [5, 5.41) is 7.04. The number of hydrogen-bond acceptors (Lipinski definition) is 3. The van der Waals surface area contributed by atoms with E-state index in [-0.39, 0.29) is 5.91 Å². The van der Waals surface area contributed by atoms with Crippen LogP contribution in [0.1, 0.15) is 21.5 Å². The minimum Gasteiger partial charge on any atom is -0.398 e. The van der Waals surface area contributed by atoms with Gasteiger partial charge in [-0.1, -0.05) is 15.9 Å². The predicted octanol–water partition coefficient (Wildman–Crippen LogP) is 2.27. The number of aryl methyl sites for hydroxylation is 1. The number of carbonyl (C=O) groups excluding carboxylic acids is 1. The molecule has 5 nitrogen and oxygen atoms in total. The average Bonchev–Trinajstić information content (AvgIpc) is 2.79. The highest BCUT2D eigenvalue weighted by Crippen LogP contribution is 2.22. The molecule has 0 saturated heterocycles. The Hall–Kier alpha value is -1.82. The molecule has 0 spiro atoms. The number of benzene rings is 1. The lowest BCUT2D eigenvalue weighted by Gasteiger charge is -2.10. The predicted molar refractivity (Wildman–Crippen MR) is 82.6 cm³/mol. The van der Waals surface area contributed by atoms with Crippen molar-refractivity contribution >= 4 is 27.5 Å². The Morgan fingerprint density at radius 1 is 1.45 bits per heavy atom. The smallest absolute Gasteiger partial charge is 0.251 e. The number of aromatic nitrogens is 2. The molecule has 0 aliphatic heterocycles. The van der Waals surface area contributed by atoms with Crippen molar-refractivity contribution in [3.05, 3.63) is 45.7 Å². The SMILES string of the molecule is Cc1cnn(CCNC(=O)c2cc(Br)cc(N)c2C)c1. The van der Waals surface area contributed by atoms with Gasteiger partial charge in [0.1, 0.15) is 0 Å². The summed E-state index contributed by atoms with van der Waals surface area (Å²) in [5.74, 6) is -0.126. The molecule has 106 valence electrons. The molecule has 0 aliphatic carbocycles. The van der Waals surface area contributed by atoms with Gasteiger partial charge < -0.3 is 11.1 Å². The van der Waals surface area contributed by atoms with Crippen molar-refractivity contribution in [1.82, 2.24) is 15.1 Å². The zero-order valence-electron chi connectivity index (χ0n) is 11.5. The summed E-state index contributed by atoms with van der Waals surface area (Å²) in [6.07, 6.45) is 3.73. The molecule has 1 aromatic carbocycles. The molecule has 0 radical (unpaired) electrons. The van der Waals surface area contributed by atoms with Crippen LogP contribution in [0.2, 0.25) is 0 Å². The van der Waals surface area contributed by atoms with Crippen LogP contribution in [0.15, 0.2) is 29.0 Å². The molecule has 6 heteroatoms. The van der Waals surface area contributed by atoms with Gasteiger partial charge in [0.2, 0.25) is 0 Å². The molecule has 0 aliphatic rings. The molecular formula is C14H17BrN4O. The van der Waals surface area contributed by atoms with E-state index in [0.717, 1.165) is 15.6 Å². The molecule has 0 bridgehead atoms. The van der Waals surface area contributed by atoms with Gasteiger partial charge in [-0.3, -0.25) is 9.48 Å². The topological polar surface area (TPSA) is 72.9 Å². The molecule has 0 saturated carbocycles. The van der Waals surface area contributed by atoms with E-state index in [2.05, 4.69) is 26.3 Å². The van der Waals surface area contributed by atoms with E-state index in [1.54, 1.807) is 23.0 Å². The fourth-order valence-electron chi connectivity index (χ4n) is 1.90. The van der Waals surface area contributed by atoms with E-state index < -0.39 is 0 Å². The van der Waals surface area contributed by atoms with Crippen molar-refractivity contribution < 1.29 is 4.79 Å². The van der Waals surface area contributed by atoms with E-state index >= 15 is 0 Å². The van der Waals surface area contributed by atoms with Gasteiger partial charge in [-0.2, -0.15) is 5.10 Å². The van der Waals surface area contributed by atoms with Crippen molar-refractivity contribution in [3.8, 4) is 0 Å². The van der Waals surface area contributed by atoms with Crippen LogP contribution in [0.3, 0.4) is 0 Å². The maximum Gasteiger partial charge on any atom is 0.251 e. The Labute approximate surface area is 126 Å². The number of hydrogen-bond donors (Lipinski definition) is 2. The minimum absolute atomic E-state index is 0.126. The van der Waals surface area contributed by atoms with Crippen molar-refractivity contribution in [1.29, 1.82) is 0 Å². The van der Waals surface area contributed by atoms with Crippen LogP contribution in [0.4, 0.5) is 5.69 Å². The Kier molecular flexibility index (Phi) is 4.44. The Bertz CT molecular complexity index is 636. The van der Waals surface area contributed by atoms with Gasteiger partial charge in [-0.25, -0.2) is 0 Å². The number of nitrogen functional groups attached to an aromatic ring is 1. The number of halogens is 1. The summed E-state index contributed by atoms with van der Waals surface area (Å²) >= 11 is 3.35. The van der Waals surface area contributed by atoms with Gasteiger partial charge in [0.25, 0.3) is 5.91 Å². The van der Waals surface area contributed by atoms with E-state index in [9.17, 15) is 4.79 Å². The zero-order chi connectivity index (χ0) is 14.7. The highest BCUT2D eigenvalue weighted by molar-refractivity contribution is 9.10. The van der Waals surface area contributed by atoms with E-state index in [1.165, 1.54) is 0 Å². The first-order valence-electron chi connectivity index (χ1n) is 6.30. The molecule has 1 aromatic heterocycles. The average molecular weight is 337 g/mol. The van der Waals surface area contributed by atoms with E-state index in [0.29, 0.717) is 24.3 Å². The third kappa shape index (κ3) is 3.39. The third-order valence-corrected chi connectivity index (χ3v) is 3.50. The Morgan fingerprint density at radius 2 is 2.20 bits per heavy atom. The van der Waals surface area contributed by atoms with Crippen LogP contribution in [0.5, 0.6) is 0 Å². The quantitative estimate of drug-likeness (QED) is 0.841. The number of carbonyl (C=O) groups is 1. The fraction of sp³-hybridized carbons (Fsp3) is 0.286. The summed E-state index contributed by atoms with van der Waals surface area (Å²) in [6, 6.07) is 3.57. The van der Waals surface area contributed by atoms with Crippen LogP contribution < -0.4 is 11.1 Å². The van der Waals surface area contributed by atoms with Crippen molar-refractivity contribution in [2.24, 2.45) is 0 Å². The number of nitrogens with one attached hydrogen (secondary N) is 1. The molecule has 2 rings (SSSR count). The lowest BCUT2D eigenvalue weighted by molar-refractivity contribution is 0.0951. The molecule has 2 aromatic rings. The lowest BCUT2D eigenvalue weighted by atomic mass is 10.1. The maximum atomic E-state index is 12.1. The van der Waals surface area contributed by atoms with Gasteiger partial charge >= 0.3 is 0 Å². The standard InChI is InChI=1S/C14H17BrN4O/c1-9-7-18-19(8-9)4-3-17-14(20)12-5-11(15)6-13(16)10(12)2/h5-8H,3-4,16H2,1-2H3,(H,17,20). The second kappa shape index (κ2) is 6.09. The van der Waals surface area contributed by atoms with Gasteiger partial charge in [0.15, 0.2) is 0 Å². The van der Waals surface area contributed by atoms with Crippen LogP contribution >= 0.6 is 15.9 Å². The second-order valence-electron chi connectivity index (χ2n) is 4.70. The van der Waals surface area contributed by atoms with Crippen LogP contribution in [0.25, 0.3) is 0 Å². The molecule has 1 heterocycles. The van der Waals surface area contributed by atoms with Gasteiger partial charge in [-0.15, -0.1) is 0 Å². The number of nitrogens with two attached hydrogens (primary N) is 1. The number of amides is 1. The van der Waals surface area contributed by atoms with Crippen molar-refractivity contribution in [2.75, 3.05) is 12.3 Å². The molecule has 0 atom stereocenters. The Balaban J connectivity index is 1.98. The first-order valence-corrected chi connectivity index (χ1v) is 7.09. The molecule has 0 unspecified atom stereocenters. The highest BCUT2D eigenvalue weighted by Gasteiger charge is 2.11. The maximum absolute atomic E-state index is 12.1. The summed E-state index contributed by atoms with van der Waals surface area (Å²) in [6.45, 7) is 4.98. The first-order chi connectivity index (χ1) is 9.47. The van der Waals surface area contributed by atoms with Crippen LogP contribution in [-0.2, 0) is 6.54 Å². The number of anilines is 1. The molecule has 3 N–H and O–H groups in total. The van der Waals surface area contributed by atoms with Crippen molar-refractivity contribution in [3.63, 3.8) is 0 Å². The molecule has 0 fully saturated rings. The minimum atomic E-state index is -0.126. The molecule has 1 amide bonds. The first kappa shape index (κ1) is 14.6. The van der Waals surface area contributed by atoms with E-state index in [1.807, 2.05) is 20.0 Å². The number of rotatable bonds is 4. The second-order valence-corrected chi connectivity index (χ2v) is 5.62. The summed E-state index contributed by atoms with van der Waals surface area (Å²) in [5.41, 5.74) is 8.95. The van der Waals surface area contributed by atoms with E-state index in [4.69, 9.17) is 5.73 Å². The highest BCUT2D eigenvalue weighted by atomic mass is 79.9. The third-order valence-electron chi connectivity index (χ3n) is 3.05. The zero-order valence-corrected chi connectivity index (χ0v) is 13.1. The molecular weight excluding hydrogens is 320 g/mol. The van der Waals surface area contributed by atoms with Crippen molar-refractivity contribution in [2.45, 2.75) is 20.4 Å². The largest absolute Gasteiger partial charge is 0.398 e.